The van der Waals surface area contributed by atoms with Crippen LogP contribution in [-0.2, 0) is 0 Å². The highest BCUT2D eigenvalue weighted by Crippen LogP contribution is 2.35. The van der Waals surface area contributed by atoms with E-state index in [0.29, 0.717) is 22.2 Å². The van der Waals surface area contributed by atoms with Crippen LogP contribution in [0.2, 0.25) is 5.02 Å². The average molecular weight is 313 g/mol. The summed E-state index contributed by atoms with van der Waals surface area (Å²) >= 11 is 7.12. The van der Waals surface area contributed by atoms with E-state index in [1.54, 1.807) is 24.4 Å². The van der Waals surface area contributed by atoms with Crippen molar-refractivity contribution in [1.82, 2.24) is 4.98 Å². The summed E-state index contributed by atoms with van der Waals surface area (Å²) in [6.45, 7) is 2.42. The Morgan fingerprint density at radius 2 is 2.20 bits per heavy atom. The Morgan fingerprint density at radius 1 is 1.40 bits per heavy atom. The normalized spacial score (nSPS) is 10.6. The molecule has 0 unspecified atom stereocenters. The van der Waals surface area contributed by atoms with E-state index in [4.69, 9.17) is 22.1 Å². The van der Waals surface area contributed by atoms with Gasteiger partial charge < -0.3 is 10.5 Å². The van der Waals surface area contributed by atoms with Gasteiger partial charge in [-0.2, -0.15) is 0 Å². The lowest BCUT2D eigenvalue weighted by Crippen LogP contribution is -1.99. The second-order valence-electron chi connectivity index (χ2n) is 4.09. The topological polar surface area (TPSA) is 48.1 Å². The summed E-state index contributed by atoms with van der Waals surface area (Å²) in [7, 11) is 0. The van der Waals surface area contributed by atoms with Crippen molar-refractivity contribution in [2.24, 2.45) is 0 Å². The largest absolute Gasteiger partial charge is 0.490 e. The van der Waals surface area contributed by atoms with Gasteiger partial charge in [0.25, 0.3) is 0 Å². The molecule has 6 heteroatoms. The van der Waals surface area contributed by atoms with Gasteiger partial charge in [-0.1, -0.05) is 30.3 Å². The molecule has 0 aliphatic rings. The van der Waals surface area contributed by atoms with Gasteiger partial charge in [0.1, 0.15) is 5.03 Å². The van der Waals surface area contributed by atoms with E-state index in [1.807, 2.05) is 6.92 Å². The van der Waals surface area contributed by atoms with Gasteiger partial charge in [-0.15, -0.1) is 0 Å². The van der Waals surface area contributed by atoms with Gasteiger partial charge in [-0.25, -0.2) is 9.37 Å². The van der Waals surface area contributed by atoms with Crippen LogP contribution in [0.15, 0.2) is 40.4 Å². The number of nitrogen functional groups attached to an aromatic ring is 1. The number of hydrogen-bond donors (Lipinski definition) is 1. The Kier molecular flexibility index (Phi) is 5.09. The zero-order chi connectivity index (χ0) is 14.5. The Hall–Kier alpha value is -1.46. The van der Waals surface area contributed by atoms with E-state index in [9.17, 15) is 4.39 Å². The van der Waals surface area contributed by atoms with E-state index in [1.165, 1.54) is 17.8 Å². The molecule has 2 N–H and O–H groups in total. The molecule has 0 fully saturated rings. The number of nitrogens with two attached hydrogens (primary N) is 1. The molecule has 0 amide bonds. The minimum Gasteiger partial charge on any atom is -0.490 e. The number of ether oxygens (including phenoxy) is 1. The van der Waals surface area contributed by atoms with Crippen molar-refractivity contribution in [2.75, 3.05) is 12.3 Å². The predicted molar refractivity (Wildman–Crippen MR) is 80.0 cm³/mol. The molecule has 0 radical (unpaired) electrons. The SMILES string of the molecule is CCCOc1cc(Sc2ccc(Cl)cn2)c(N)cc1F. The lowest BCUT2D eigenvalue weighted by molar-refractivity contribution is 0.300. The standard InChI is InChI=1S/C14H14ClFN2OS/c1-2-5-19-12-7-13(11(17)6-10(12)16)20-14-4-3-9(15)8-18-14/h3-4,6-8H,2,5,17H2,1H3. The number of rotatable bonds is 5. The molecule has 3 nitrogen and oxygen atoms in total. The zero-order valence-electron chi connectivity index (χ0n) is 10.9. The van der Waals surface area contributed by atoms with Gasteiger partial charge in [-0.3, -0.25) is 0 Å². The molecule has 0 atom stereocenters. The highest BCUT2D eigenvalue weighted by molar-refractivity contribution is 7.99. The molecule has 0 spiro atoms. The molecular weight excluding hydrogens is 299 g/mol. The van der Waals surface area contributed by atoms with Crippen molar-refractivity contribution in [3.05, 3.63) is 41.3 Å². The molecule has 20 heavy (non-hydrogen) atoms. The second kappa shape index (κ2) is 6.81. The van der Waals surface area contributed by atoms with Crippen LogP contribution in [0.25, 0.3) is 0 Å². The third kappa shape index (κ3) is 3.77. The Labute approximate surface area is 126 Å². The molecular formula is C14H14ClFN2OS. The van der Waals surface area contributed by atoms with Gasteiger partial charge in [0.15, 0.2) is 11.6 Å². The first-order valence-electron chi connectivity index (χ1n) is 6.11. The number of benzene rings is 1. The highest BCUT2D eigenvalue weighted by atomic mass is 35.5. The van der Waals surface area contributed by atoms with Gasteiger partial charge >= 0.3 is 0 Å². The minimum atomic E-state index is -0.454. The molecule has 2 aromatic rings. The maximum absolute atomic E-state index is 13.7. The van der Waals surface area contributed by atoms with E-state index in [0.717, 1.165) is 11.4 Å². The number of aromatic nitrogens is 1. The lowest BCUT2D eigenvalue weighted by Gasteiger charge is -2.10. The van der Waals surface area contributed by atoms with Crippen molar-refractivity contribution >= 4 is 29.1 Å². The third-order valence-electron chi connectivity index (χ3n) is 2.44. The monoisotopic (exact) mass is 312 g/mol. The Bertz CT molecular complexity index is 592. The van der Waals surface area contributed by atoms with E-state index < -0.39 is 5.82 Å². The second-order valence-corrected chi connectivity index (χ2v) is 5.58. The number of anilines is 1. The summed E-state index contributed by atoms with van der Waals surface area (Å²) in [5.74, 6) is -0.248. The summed E-state index contributed by atoms with van der Waals surface area (Å²) in [5.41, 5.74) is 6.18. The molecule has 1 aromatic heterocycles. The number of nitrogens with zero attached hydrogens (tertiary/aromatic N) is 1. The fourth-order valence-electron chi connectivity index (χ4n) is 1.50. The smallest absolute Gasteiger partial charge is 0.167 e. The first-order valence-corrected chi connectivity index (χ1v) is 7.31. The highest BCUT2D eigenvalue weighted by Gasteiger charge is 2.11. The van der Waals surface area contributed by atoms with Gasteiger partial charge in [0.05, 0.1) is 11.6 Å². The van der Waals surface area contributed by atoms with Crippen LogP contribution < -0.4 is 10.5 Å². The molecule has 0 saturated heterocycles. The van der Waals surface area contributed by atoms with Crippen LogP contribution in [0.3, 0.4) is 0 Å². The summed E-state index contributed by atoms with van der Waals surface area (Å²) in [4.78, 5) is 4.87. The molecule has 0 bridgehead atoms. The number of pyridine rings is 1. The fourth-order valence-corrected chi connectivity index (χ4v) is 2.42. The van der Waals surface area contributed by atoms with Crippen LogP contribution in [-0.4, -0.2) is 11.6 Å². The van der Waals surface area contributed by atoms with Crippen molar-refractivity contribution in [1.29, 1.82) is 0 Å². The molecule has 1 aromatic carbocycles. The van der Waals surface area contributed by atoms with Crippen LogP contribution in [0, 0.1) is 5.82 Å². The van der Waals surface area contributed by atoms with Crippen LogP contribution in [0.4, 0.5) is 10.1 Å². The van der Waals surface area contributed by atoms with Crippen molar-refractivity contribution in [3.63, 3.8) is 0 Å². The van der Waals surface area contributed by atoms with Crippen LogP contribution >= 0.6 is 23.4 Å². The third-order valence-corrected chi connectivity index (χ3v) is 3.69. The number of halogens is 2. The maximum atomic E-state index is 13.7. The van der Waals surface area contributed by atoms with E-state index in [2.05, 4.69) is 4.98 Å². The summed E-state index contributed by atoms with van der Waals surface area (Å²) in [5, 5.41) is 1.29. The first kappa shape index (κ1) is 14.9. The predicted octanol–water partition coefficient (Wildman–Crippen LogP) is 4.40. The first-order chi connectivity index (χ1) is 9.60. The quantitative estimate of drug-likeness (QED) is 0.831. The maximum Gasteiger partial charge on any atom is 0.167 e. The van der Waals surface area contributed by atoms with E-state index in [-0.39, 0.29) is 5.75 Å². The van der Waals surface area contributed by atoms with Gasteiger partial charge in [0, 0.05) is 22.8 Å². The van der Waals surface area contributed by atoms with E-state index >= 15 is 0 Å². The molecule has 1 heterocycles. The minimum absolute atomic E-state index is 0.206. The van der Waals surface area contributed by atoms with Gasteiger partial charge in [0.2, 0.25) is 0 Å². The van der Waals surface area contributed by atoms with Crippen LogP contribution in [0.1, 0.15) is 13.3 Å². The molecule has 0 saturated carbocycles. The summed E-state index contributed by atoms with van der Waals surface area (Å²) in [6.07, 6.45) is 2.36. The fraction of sp³-hybridized carbons (Fsp3) is 0.214. The Balaban J connectivity index is 2.24. The number of hydrogen-bond acceptors (Lipinski definition) is 4. The molecule has 106 valence electrons. The van der Waals surface area contributed by atoms with Crippen LogP contribution in [0.5, 0.6) is 5.75 Å². The summed E-state index contributed by atoms with van der Waals surface area (Å²) < 4.78 is 19.1. The lowest BCUT2D eigenvalue weighted by atomic mass is 10.3. The average Bonchev–Trinajstić information content (AvgIpc) is 2.43. The Morgan fingerprint density at radius 3 is 2.85 bits per heavy atom. The molecule has 0 aliphatic carbocycles. The summed E-state index contributed by atoms with van der Waals surface area (Å²) in [6, 6.07) is 6.39. The zero-order valence-corrected chi connectivity index (χ0v) is 12.5. The van der Waals surface area contributed by atoms with Gasteiger partial charge in [-0.05, 0) is 24.6 Å². The molecule has 0 aliphatic heterocycles. The van der Waals surface area contributed by atoms with Crippen molar-refractivity contribution < 1.29 is 9.13 Å². The molecule has 2 rings (SSSR count). The van der Waals surface area contributed by atoms with Crippen molar-refractivity contribution in [3.8, 4) is 5.75 Å². The van der Waals surface area contributed by atoms with Crippen molar-refractivity contribution in [2.45, 2.75) is 23.3 Å².